The number of carbonyl (C=O) groups is 1. The average Bonchev–Trinajstić information content (AvgIpc) is 2.16. The normalized spacial score (nSPS) is 12.1. The summed E-state index contributed by atoms with van der Waals surface area (Å²) >= 11 is 0. The number of hydrogen-bond donors (Lipinski definition) is 3. The predicted octanol–water partition coefficient (Wildman–Crippen LogP) is 0.418. The number of carboxylic acid groups (broad SMARTS) is 1. The second-order valence-corrected chi connectivity index (χ2v) is 2.71. The van der Waals surface area contributed by atoms with Gasteiger partial charge < -0.3 is 15.3 Å². The van der Waals surface area contributed by atoms with Gasteiger partial charge in [-0.25, -0.2) is 4.79 Å². The highest BCUT2D eigenvalue weighted by molar-refractivity contribution is 5.76. The molecule has 1 atom stereocenters. The van der Waals surface area contributed by atoms with Crippen LogP contribution >= 0.6 is 0 Å². The van der Waals surface area contributed by atoms with Gasteiger partial charge in [-0.1, -0.05) is 12.1 Å². The molecule has 0 heterocycles. The molecule has 0 amide bonds. The minimum Gasteiger partial charge on any atom is -0.502 e. The fourth-order valence-electron chi connectivity index (χ4n) is 1.05. The number of phenols is 1. The van der Waals surface area contributed by atoms with Crippen molar-refractivity contribution in [1.29, 1.82) is 0 Å². The minimum absolute atomic E-state index is 0.406. The fraction of sp³-hybridized carbons (Fsp3) is 0.125. The van der Waals surface area contributed by atoms with E-state index in [-0.39, 0.29) is 0 Å². The molecule has 0 saturated heterocycles. The summed E-state index contributed by atoms with van der Waals surface area (Å²) in [5.74, 6) is -2.43. The van der Waals surface area contributed by atoms with Gasteiger partial charge in [0.1, 0.15) is 0 Å². The van der Waals surface area contributed by atoms with Gasteiger partial charge in [-0.15, -0.1) is 0 Å². The molecule has 1 aromatic rings. The van der Waals surface area contributed by atoms with Gasteiger partial charge in [0.05, 0.1) is 4.92 Å². The van der Waals surface area contributed by atoms with E-state index in [1.54, 1.807) is 0 Å². The van der Waals surface area contributed by atoms with Crippen LogP contribution in [-0.2, 0) is 4.79 Å². The number of nitro benzene ring substituents is 1. The van der Waals surface area contributed by atoms with E-state index in [1.807, 2.05) is 0 Å². The summed E-state index contributed by atoms with van der Waals surface area (Å²) in [5.41, 5.74) is -1.05. The second-order valence-electron chi connectivity index (χ2n) is 2.71. The van der Waals surface area contributed by atoms with Crippen molar-refractivity contribution in [3.05, 3.63) is 33.9 Å². The van der Waals surface area contributed by atoms with E-state index in [0.717, 1.165) is 12.1 Å². The Kier molecular flexibility index (Phi) is 2.86. The van der Waals surface area contributed by atoms with E-state index in [2.05, 4.69) is 0 Å². The lowest BCUT2D eigenvalue weighted by Crippen LogP contribution is -2.10. The zero-order chi connectivity index (χ0) is 11.6. The third-order valence-corrected chi connectivity index (χ3v) is 1.77. The van der Waals surface area contributed by atoms with Gasteiger partial charge in [-0.3, -0.25) is 10.1 Å². The highest BCUT2D eigenvalue weighted by atomic mass is 16.6. The molecule has 0 saturated carbocycles. The lowest BCUT2D eigenvalue weighted by molar-refractivity contribution is -0.386. The molecule has 15 heavy (non-hydrogen) atoms. The van der Waals surface area contributed by atoms with Gasteiger partial charge in [0.25, 0.3) is 0 Å². The third-order valence-electron chi connectivity index (χ3n) is 1.77. The highest BCUT2D eigenvalue weighted by Gasteiger charge is 2.25. The van der Waals surface area contributed by atoms with Crippen molar-refractivity contribution in [2.45, 2.75) is 6.10 Å². The highest BCUT2D eigenvalue weighted by Crippen LogP contribution is 2.33. The van der Waals surface area contributed by atoms with Crippen LogP contribution in [0.25, 0.3) is 0 Å². The minimum atomic E-state index is -1.98. The number of hydrogen-bond acceptors (Lipinski definition) is 5. The summed E-state index contributed by atoms with van der Waals surface area (Å²) in [6.07, 6.45) is -1.98. The summed E-state index contributed by atoms with van der Waals surface area (Å²) in [4.78, 5) is 19.9. The summed E-state index contributed by atoms with van der Waals surface area (Å²) < 4.78 is 0. The number of aliphatic hydroxyl groups is 1. The van der Waals surface area contributed by atoms with Crippen LogP contribution in [0.3, 0.4) is 0 Å². The number of carboxylic acids is 1. The Labute approximate surface area is 83.4 Å². The van der Waals surface area contributed by atoms with Crippen molar-refractivity contribution >= 4 is 11.7 Å². The number of nitro groups is 1. The van der Waals surface area contributed by atoms with Crippen molar-refractivity contribution in [3.63, 3.8) is 0 Å². The third kappa shape index (κ3) is 2.02. The topological polar surface area (TPSA) is 121 Å². The number of rotatable bonds is 3. The number of nitrogens with zero attached hydrogens (tertiary/aromatic N) is 1. The molecule has 0 aliphatic heterocycles. The van der Waals surface area contributed by atoms with Crippen molar-refractivity contribution in [3.8, 4) is 5.75 Å². The SMILES string of the molecule is O=C(O)C(O)c1cccc([N+](=O)[O-])c1O. The smallest absolute Gasteiger partial charge is 0.337 e. The average molecular weight is 213 g/mol. The van der Waals surface area contributed by atoms with Gasteiger partial charge in [-0.2, -0.15) is 0 Å². The number of aliphatic hydroxyl groups excluding tert-OH is 1. The maximum atomic E-state index is 10.4. The van der Waals surface area contributed by atoms with E-state index in [0.29, 0.717) is 0 Å². The van der Waals surface area contributed by atoms with Crippen LogP contribution in [0.4, 0.5) is 5.69 Å². The van der Waals surface area contributed by atoms with E-state index in [4.69, 9.17) is 10.2 Å². The molecule has 0 aromatic heterocycles. The predicted molar refractivity (Wildman–Crippen MR) is 47.4 cm³/mol. The first-order chi connectivity index (χ1) is 6.95. The van der Waals surface area contributed by atoms with E-state index < -0.39 is 34.0 Å². The van der Waals surface area contributed by atoms with Gasteiger partial charge >= 0.3 is 11.7 Å². The molecule has 7 nitrogen and oxygen atoms in total. The zero-order valence-corrected chi connectivity index (χ0v) is 7.32. The van der Waals surface area contributed by atoms with Gasteiger partial charge in [0.15, 0.2) is 6.10 Å². The molecular formula is C8H7NO6. The lowest BCUT2D eigenvalue weighted by atomic mass is 10.1. The number of phenolic OH excluding ortho intramolecular Hbond substituents is 1. The van der Waals surface area contributed by atoms with Crippen molar-refractivity contribution in [2.75, 3.05) is 0 Å². The molecule has 80 valence electrons. The Bertz CT molecular complexity index is 416. The van der Waals surface area contributed by atoms with Crippen molar-refractivity contribution < 1.29 is 25.0 Å². The monoisotopic (exact) mass is 213 g/mol. The second kappa shape index (κ2) is 3.93. The van der Waals surface area contributed by atoms with E-state index >= 15 is 0 Å². The van der Waals surface area contributed by atoms with E-state index in [9.17, 15) is 20.0 Å². The molecule has 0 aliphatic carbocycles. The Hall–Kier alpha value is -2.15. The number of aliphatic carboxylic acids is 1. The quantitative estimate of drug-likeness (QED) is 0.494. The Morgan fingerprint density at radius 3 is 2.53 bits per heavy atom. The van der Waals surface area contributed by atoms with Crippen LogP contribution in [0.15, 0.2) is 18.2 Å². The molecule has 0 bridgehead atoms. The molecule has 0 radical (unpaired) electrons. The molecule has 0 spiro atoms. The van der Waals surface area contributed by atoms with Crippen LogP contribution in [0.5, 0.6) is 5.75 Å². The summed E-state index contributed by atoms with van der Waals surface area (Å²) in [6.45, 7) is 0. The molecule has 1 unspecified atom stereocenters. The fourth-order valence-corrected chi connectivity index (χ4v) is 1.05. The molecular weight excluding hydrogens is 206 g/mol. The summed E-state index contributed by atoms with van der Waals surface area (Å²) in [5, 5.41) is 37.3. The Morgan fingerprint density at radius 2 is 2.07 bits per heavy atom. The first-order valence-electron chi connectivity index (χ1n) is 3.82. The lowest BCUT2D eigenvalue weighted by Gasteiger charge is -2.07. The maximum Gasteiger partial charge on any atom is 0.337 e. The summed E-state index contributed by atoms with van der Waals surface area (Å²) in [6, 6.07) is 3.29. The number of para-hydroxylation sites is 1. The Balaban J connectivity index is 3.26. The van der Waals surface area contributed by atoms with Crippen LogP contribution < -0.4 is 0 Å². The first-order valence-corrected chi connectivity index (χ1v) is 3.82. The zero-order valence-electron chi connectivity index (χ0n) is 7.32. The van der Waals surface area contributed by atoms with E-state index in [1.165, 1.54) is 6.07 Å². The largest absolute Gasteiger partial charge is 0.502 e. The molecule has 3 N–H and O–H groups in total. The molecule has 1 aromatic carbocycles. The van der Waals surface area contributed by atoms with Crippen molar-refractivity contribution in [1.82, 2.24) is 0 Å². The first kappa shape index (κ1) is 10.9. The Morgan fingerprint density at radius 1 is 1.47 bits per heavy atom. The van der Waals surface area contributed by atoms with Crippen LogP contribution in [0.1, 0.15) is 11.7 Å². The van der Waals surface area contributed by atoms with Crippen LogP contribution in [-0.4, -0.2) is 26.2 Å². The van der Waals surface area contributed by atoms with Gasteiger partial charge in [0.2, 0.25) is 5.75 Å². The number of benzene rings is 1. The molecule has 7 heteroatoms. The van der Waals surface area contributed by atoms with Crippen LogP contribution in [0, 0.1) is 10.1 Å². The summed E-state index contributed by atoms with van der Waals surface area (Å²) in [7, 11) is 0. The van der Waals surface area contributed by atoms with Crippen LogP contribution in [0.2, 0.25) is 0 Å². The molecule has 0 fully saturated rings. The standard InChI is InChI=1S/C8H7NO6/c10-6-4(7(11)8(12)13)2-1-3-5(6)9(14)15/h1-3,7,10-11H,(H,12,13). The van der Waals surface area contributed by atoms with Gasteiger partial charge in [-0.05, 0) is 0 Å². The molecule has 1 rings (SSSR count). The maximum absolute atomic E-state index is 10.4. The van der Waals surface area contributed by atoms with Crippen molar-refractivity contribution in [2.24, 2.45) is 0 Å². The number of aromatic hydroxyl groups is 1. The van der Waals surface area contributed by atoms with Gasteiger partial charge in [0, 0.05) is 11.6 Å². The molecule has 0 aliphatic rings.